The summed E-state index contributed by atoms with van der Waals surface area (Å²) in [4.78, 5) is 17.9. The fourth-order valence-electron chi connectivity index (χ4n) is 5.20. The number of carbonyl (C=O) groups is 1. The lowest BCUT2D eigenvalue weighted by molar-refractivity contribution is -0.133. The Kier molecular flexibility index (Phi) is 6.61. The smallest absolute Gasteiger partial charge is 0.227 e. The summed E-state index contributed by atoms with van der Waals surface area (Å²) in [5.41, 5.74) is 1.97. The summed E-state index contributed by atoms with van der Waals surface area (Å²) in [6.07, 6.45) is 2.61. The number of benzene rings is 2. The summed E-state index contributed by atoms with van der Waals surface area (Å²) in [7, 11) is 2.18. The number of ether oxygens (including phenoxy) is 1. The Bertz CT molecular complexity index is 867. The van der Waals surface area contributed by atoms with E-state index in [1.54, 1.807) is 12.1 Å². The van der Waals surface area contributed by atoms with Crippen molar-refractivity contribution in [1.82, 2.24) is 9.80 Å². The number of halogens is 1. The molecule has 1 amide bonds. The fraction of sp³-hybridized carbons (Fsp3) is 0.500. The molecule has 0 N–H and O–H groups in total. The van der Waals surface area contributed by atoms with E-state index in [2.05, 4.69) is 11.9 Å². The Morgan fingerprint density at radius 1 is 1.03 bits per heavy atom. The standard InChI is InChI=1S/C26H33FN2O2/c1-18(2)31-25-10-6-19(7-11-25)12-26(30)29(15-20-4-8-23(27)9-5-20)24-13-21-16-28(3)17-22(21)14-24/h4-11,18,21-22,24H,12-17H2,1-3H3/t21-,22+,24-. The van der Waals surface area contributed by atoms with Crippen molar-refractivity contribution >= 4 is 5.91 Å². The molecule has 2 aliphatic rings. The van der Waals surface area contributed by atoms with Gasteiger partial charge < -0.3 is 14.5 Å². The molecule has 1 saturated carbocycles. The quantitative estimate of drug-likeness (QED) is 0.655. The molecule has 1 aliphatic heterocycles. The van der Waals surface area contributed by atoms with Crippen LogP contribution in [0.3, 0.4) is 0 Å². The maximum Gasteiger partial charge on any atom is 0.227 e. The molecule has 0 bridgehead atoms. The van der Waals surface area contributed by atoms with Crippen LogP contribution in [0.4, 0.5) is 4.39 Å². The molecule has 0 unspecified atom stereocenters. The number of carbonyl (C=O) groups excluding carboxylic acids is 1. The predicted octanol–water partition coefficient (Wildman–Crippen LogP) is 4.52. The third kappa shape index (κ3) is 5.45. The predicted molar refractivity (Wildman–Crippen MR) is 120 cm³/mol. The van der Waals surface area contributed by atoms with Crippen LogP contribution >= 0.6 is 0 Å². The second kappa shape index (κ2) is 9.39. The number of rotatable bonds is 7. The highest BCUT2D eigenvalue weighted by atomic mass is 19.1. The minimum atomic E-state index is -0.247. The molecule has 3 atom stereocenters. The SMILES string of the molecule is CC(C)Oc1ccc(CC(=O)N(Cc2ccc(F)cc2)[C@@H]2C[C@@H]3CN(C)C[C@@H]3C2)cc1. The Hall–Kier alpha value is -2.40. The highest BCUT2D eigenvalue weighted by Crippen LogP contribution is 2.40. The summed E-state index contributed by atoms with van der Waals surface area (Å²) in [5, 5.41) is 0. The average Bonchev–Trinajstić information content (AvgIpc) is 3.25. The van der Waals surface area contributed by atoms with Gasteiger partial charge in [-0.1, -0.05) is 24.3 Å². The molecule has 1 saturated heterocycles. The first-order chi connectivity index (χ1) is 14.9. The maximum absolute atomic E-state index is 13.4. The highest BCUT2D eigenvalue weighted by Gasteiger charge is 2.42. The van der Waals surface area contributed by atoms with Gasteiger partial charge in [0.05, 0.1) is 12.5 Å². The molecule has 31 heavy (non-hydrogen) atoms. The lowest BCUT2D eigenvalue weighted by Gasteiger charge is -2.30. The van der Waals surface area contributed by atoms with E-state index in [9.17, 15) is 9.18 Å². The van der Waals surface area contributed by atoms with Crippen LogP contribution in [0.15, 0.2) is 48.5 Å². The van der Waals surface area contributed by atoms with Gasteiger partial charge >= 0.3 is 0 Å². The molecule has 4 nitrogen and oxygen atoms in total. The fourth-order valence-corrected chi connectivity index (χ4v) is 5.20. The van der Waals surface area contributed by atoms with E-state index in [4.69, 9.17) is 4.74 Å². The van der Waals surface area contributed by atoms with Crippen molar-refractivity contribution in [3.63, 3.8) is 0 Å². The van der Waals surface area contributed by atoms with Gasteiger partial charge in [0.2, 0.25) is 5.91 Å². The molecule has 4 rings (SSSR count). The van der Waals surface area contributed by atoms with Gasteiger partial charge in [-0.25, -0.2) is 4.39 Å². The van der Waals surface area contributed by atoms with Gasteiger partial charge in [-0.2, -0.15) is 0 Å². The number of likely N-dealkylation sites (tertiary alicyclic amines) is 1. The van der Waals surface area contributed by atoms with E-state index in [1.165, 1.54) is 12.1 Å². The lowest BCUT2D eigenvalue weighted by Crippen LogP contribution is -2.40. The van der Waals surface area contributed by atoms with Gasteiger partial charge in [0.15, 0.2) is 0 Å². The summed E-state index contributed by atoms with van der Waals surface area (Å²) in [5.74, 6) is 2.06. The van der Waals surface area contributed by atoms with Crippen molar-refractivity contribution < 1.29 is 13.9 Å². The first-order valence-corrected chi connectivity index (χ1v) is 11.4. The van der Waals surface area contributed by atoms with Crippen LogP contribution in [0.25, 0.3) is 0 Å². The zero-order valence-electron chi connectivity index (χ0n) is 18.8. The molecule has 1 aliphatic carbocycles. The molecule has 0 radical (unpaired) electrons. The molecule has 2 aromatic rings. The van der Waals surface area contributed by atoms with Crippen LogP contribution < -0.4 is 4.74 Å². The molecular weight excluding hydrogens is 391 g/mol. The molecule has 2 fully saturated rings. The van der Waals surface area contributed by atoms with Crippen LogP contribution in [0.5, 0.6) is 5.75 Å². The van der Waals surface area contributed by atoms with Crippen molar-refractivity contribution in [3.8, 4) is 5.75 Å². The van der Waals surface area contributed by atoms with Gasteiger partial charge in [-0.15, -0.1) is 0 Å². The van der Waals surface area contributed by atoms with Crippen molar-refractivity contribution in [1.29, 1.82) is 0 Å². The summed E-state index contributed by atoms with van der Waals surface area (Å²) < 4.78 is 19.1. The maximum atomic E-state index is 13.4. The van der Waals surface area contributed by atoms with Crippen LogP contribution in [0.2, 0.25) is 0 Å². The topological polar surface area (TPSA) is 32.8 Å². The van der Waals surface area contributed by atoms with E-state index in [0.717, 1.165) is 42.8 Å². The number of nitrogens with zero attached hydrogens (tertiary/aromatic N) is 2. The van der Waals surface area contributed by atoms with E-state index in [1.807, 2.05) is 43.0 Å². The molecule has 5 heteroatoms. The Morgan fingerprint density at radius 2 is 1.61 bits per heavy atom. The lowest BCUT2D eigenvalue weighted by atomic mass is 10.0. The minimum absolute atomic E-state index is 0.125. The molecule has 1 heterocycles. The number of fused-ring (bicyclic) bond motifs is 1. The highest BCUT2D eigenvalue weighted by molar-refractivity contribution is 5.79. The largest absolute Gasteiger partial charge is 0.491 e. The molecule has 0 spiro atoms. The number of amides is 1. The zero-order valence-corrected chi connectivity index (χ0v) is 18.8. The first kappa shape index (κ1) is 21.8. The molecule has 166 valence electrons. The van der Waals surface area contributed by atoms with E-state index < -0.39 is 0 Å². The second-order valence-corrected chi connectivity index (χ2v) is 9.50. The minimum Gasteiger partial charge on any atom is -0.491 e. The third-order valence-electron chi connectivity index (χ3n) is 6.59. The summed E-state index contributed by atoms with van der Waals surface area (Å²) in [6.45, 7) is 6.78. The number of hydrogen-bond donors (Lipinski definition) is 0. The first-order valence-electron chi connectivity index (χ1n) is 11.4. The van der Waals surface area contributed by atoms with Gasteiger partial charge in [0, 0.05) is 25.7 Å². The van der Waals surface area contributed by atoms with Gasteiger partial charge in [-0.05, 0) is 81.0 Å². The normalized spacial score (nSPS) is 23.2. The molecular formula is C26H33FN2O2. The van der Waals surface area contributed by atoms with Gasteiger partial charge in [0.25, 0.3) is 0 Å². The van der Waals surface area contributed by atoms with E-state index >= 15 is 0 Å². The van der Waals surface area contributed by atoms with Crippen molar-refractivity contribution in [2.75, 3.05) is 20.1 Å². The average molecular weight is 425 g/mol. The van der Waals surface area contributed by atoms with Crippen molar-refractivity contribution in [3.05, 3.63) is 65.5 Å². The van der Waals surface area contributed by atoms with E-state index in [-0.39, 0.29) is 23.9 Å². The van der Waals surface area contributed by atoms with Crippen LogP contribution in [0.1, 0.15) is 37.8 Å². The van der Waals surface area contributed by atoms with Gasteiger partial charge in [0.1, 0.15) is 11.6 Å². The van der Waals surface area contributed by atoms with Crippen molar-refractivity contribution in [2.45, 2.75) is 51.8 Å². The monoisotopic (exact) mass is 424 g/mol. The molecule has 2 aromatic carbocycles. The zero-order chi connectivity index (χ0) is 22.0. The van der Waals surface area contributed by atoms with Crippen LogP contribution in [-0.4, -0.2) is 48.0 Å². The Morgan fingerprint density at radius 3 is 2.19 bits per heavy atom. The third-order valence-corrected chi connectivity index (χ3v) is 6.59. The van der Waals surface area contributed by atoms with Crippen molar-refractivity contribution in [2.24, 2.45) is 11.8 Å². The Labute approximate surface area is 185 Å². The van der Waals surface area contributed by atoms with E-state index in [0.29, 0.717) is 24.8 Å². The van der Waals surface area contributed by atoms with Crippen LogP contribution in [-0.2, 0) is 17.8 Å². The second-order valence-electron chi connectivity index (χ2n) is 9.50. The Balaban J connectivity index is 1.48. The summed E-state index contributed by atoms with van der Waals surface area (Å²) >= 11 is 0. The summed E-state index contributed by atoms with van der Waals surface area (Å²) in [6, 6.07) is 14.6. The molecule has 0 aromatic heterocycles. The van der Waals surface area contributed by atoms with Gasteiger partial charge in [-0.3, -0.25) is 4.79 Å². The van der Waals surface area contributed by atoms with Crippen LogP contribution in [0, 0.1) is 17.7 Å². The number of hydrogen-bond acceptors (Lipinski definition) is 3.